The largest absolute Gasteiger partial charge is 0.333 e. The molecule has 0 aliphatic heterocycles. The minimum atomic E-state index is 0.801. The maximum atomic E-state index is 4.31. The van der Waals surface area contributed by atoms with Crippen LogP contribution in [0.25, 0.3) is 0 Å². The smallest absolute Gasteiger partial charge is 0.0949 e. The van der Waals surface area contributed by atoms with Gasteiger partial charge in [0.05, 0.1) is 24.0 Å². The van der Waals surface area contributed by atoms with Gasteiger partial charge in [0.2, 0.25) is 0 Å². The summed E-state index contributed by atoms with van der Waals surface area (Å²) in [5, 5.41) is 8.62. The summed E-state index contributed by atoms with van der Waals surface area (Å²) in [5.41, 5.74) is 4.07. The van der Waals surface area contributed by atoms with E-state index in [0.29, 0.717) is 0 Å². The predicted octanol–water partition coefficient (Wildman–Crippen LogP) is 4.59. The van der Waals surface area contributed by atoms with E-state index in [1.54, 1.807) is 12.4 Å². The van der Waals surface area contributed by atoms with Gasteiger partial charge < -0.3 is 9.13 Å². The van der Waals surface area contributed by atoms with Gasteiger partial charge in [-0.15, -0.1) is 0 Å². The molecule has 0 N–H and O–H groups in total. The van der Waals surface area contributed by atoms with Crippen molar-refractivity contribution in [3.63, 3.8) is 0 Å². The number of aromatic nitrogens is 4. The van der Waals surface area contributed by atoms with E-state index in [4.69, 9.17) is 0 Å². The average molecular weight is 342 g/mol. The predicted molar refractivity (Wildman–Crippen MR) is 99.7 cm³/mol. The molecule has 2 heterocycles. The second-order valence-electron chi connectivity index (χ2n) is 6.00. The average Bonchev–Trinajstić information content (AvgIpc) is 3.37. The Kier molecular flexibility index (Phi) is 4.64. The quantitative estimate of drug-likeness (QED) is 0.481. The monoisotopic (exact) mass is 342 g/mol. The van der Waals surface area contributed by atoms with Gasteiger partial charge in [-0.3, -0.25) is 0 Å². The molecular weight excluding hydrogens is 324 g/mol. The molecule has 0 radical (unpaired) electrons. The topological polar surface area (TPSA) is 60.4 Å². The van der Waals surface area contributed by atoms with Crippen LogP contribution < -0.4 is 0 Å². The zero-order valence-electron chi connectivity index (χ0n) is 14.2. The first-order valence-corrected chi connectivity index (χ1v) is 8.36. The van der Waals surface area contributed by atoms with Crippen molar-refractivity contribution < 1.29 is 0 Å². The summed E-state index contributed by atoms with van der Waals surface area (Å²) in [6, 6.07) is 16.1. The number of hydrogen-bond donors (Lipinski definition) is 0. The summed E-state index contributed by atoms with van der Waals surface area (Å²) in [5.74, 6) is 0. The van der Waals surface area contributed by atoms with Crippen molar-refractivity contribution in [1.82, 2.24) is 19.1 Å². The first kappa shape index (κ1) is 16.0. The molecule has 0 atom stereocenters. The van der Waals surface area contributed by atoms with E-state index in [-0.39, 0.29) is 0 Å². The fraction of sp³-hybridized carbons (Fsp3) is 0.100. The van der Waals surface area contributed by atoms with Crippen LogP contribution in [-0.2, 0) is 13.1 Å². The second-order valence-corrected chi connectivity index (χ2v) is 6.00. The Labute approximate surface area is 151 Å². The lowest BCUT2D eigenvalue weighted by Crippen LogP contribution is -1.95. The highest BCUT2D eigenvalue weighted by Crippen LogP contribution is 2.20. The summed E-state index contributed by atoms with van der Waals surface area (Å²) in [6.07, 6.45) is 11.1. The van der Waals surface area contributed by atoms with Gasteiger partial charge in [0.1, 0.15) is 0 Å². The van der Waals surface area contributed by atoms with Crippen molar-refractivity contribution in [1.29, 1.82) is 0 Å². The molecule has 0 saturated heterocycles. The third kappa shape index (κ3) is 4.10. The van der Waals surface area contributed by atoms with Gasteiger partial charge >= 0.3 is 0 Å². The minimum Gasteiger partial charge on any atom is -0.333 e. The number of benzene rings is 2. The second kappa shape index (κ2) is 7.57. The zero-order valence-corrected chi connectivity index (χ0v) is 14.2. The molecule has 0 unspecified atom stereocenters. The van der Waals surface area contributed by atoms with E-state index in [0.717, 1.165) is 24.5 Å². The summed E-state index contributed by atoms with van der Waals surface area (Å²) >= 11 is 0. The molecule has 26 heavy (non-hydrogen) atoms. The van der Waals surface area contributed by atoms with Crippen molar-refractivity contribution in [2.75, 3.05) is 0 Å². The van der Waals surface area contributed by atoms with Gasteiger partial charge in [0.15, 0.2) is 0 Å². The standard InChI is InChI=1S/C20H18N6/c1-5-19(6-2-17(1)13-25-11-9-21-15-25)23-24-20-7-3-18(4-8-20)14-26-12-10-22-16-26/h1-12,15-16H,13-14H2. The van der Waals surface area contributed by atoms with Gasteiger partial charge in [-0.1, -0.05) is 24.3 Å². The lowest BCUT2D eigenvalue weighted by molar-refractivity contribution is 0.797. The molecule has 6 nitrogen and oxygen atoms in total. The molecule has 4 aromatic rings. The molecule has 0 saturated carbocycles. The Morgan fingerprint density at radius 1 is 0.615 bits per heavy atom. The van der Waals surface area contributed by atoms with Crippen LogP contribution >= 0.6 is 0 Å². The molecule has 6 heteroatoms. The molecule has 2 aromatic carbocycles. The van der Waals surface area contributed by atoms with Gasteiger partial charge in [-0.2, -0.15) is 10.2 Å². The SMILES string of the molecule is c1cn(Cc2ccc(N=Nc3ccc(Cn4ccnc4)cc3)cc2)cn1. The number of hydrogen-bond acceptors (Lipinski definition) is 4. The van der Waals surface area contributed by atoms with Gasteiger partial charge in [0, 0.05) is 37.9 Å². The van der Waals surface area contributed by atoms with Gasteiger partial charge in [-0.05, 0) is 35.4 Å². The maximum absolute atomic E-state index is 4.31. The van der Waals surface area contributed by atoms with E-state index >= 15 is 0 Å². The summed E-state index contributed by atoms with van der Waals surface area (Å²) in [4.78, 5) is 8.10. The van der Waals surface area contributed by atoms with Crippen LogP contribution in [0.15, 0.2) is 96.2 Å². The fourth-order valence-corrected chi connectivity index (χ4v) is 2.63. The van der Waals surface area contributed by atoms with Crippen LogP contribution in [-0.4, -0.2) is 19.1 Å². The van der Waals surface area contributed by atoms with Crippen LogP contribution in [0.4, 0.5) is 11.4 Å². The zero-order chi connectivity index (χ0) is 17.6. The highest BCUT2D eigenvalue weighted by Gasteiger charge is 1.97. The molecule has 0 amide bonds. The number of imidazole rings is 2. The Balaban J connectivity index is 1.38. The van der Waals surface area contributed by atoms with Crippen molar-refractivity contribution in [2.24, 2.45) is 10.2 Å². The van der Waals surface area contributed by atoms with Crippen molar-refractivity contribution in [3.05, 3.63) is 97.1 Å². The van der Waals surface area contributed by atoms with E-state index in [1.165, 1.54) is 11.1 Å². The van der Waals surface area contributed by atoms with Crippen LogP contribution in [0.1, 0.15) is 11.1 Å². The van der Waals surface area contributed by atoms with Crippen LogP contribution in [0.5, 0.6) is 0 Å². The van der Waals surface area contributed by atoms with E-state index in [1.807, 2.05) is 58.4 Å². The first-order chi connectivity index (χ1) is 12.8. The molecule has 0 bridgehead atoms. The van der Waals surface area contributed by atoms with Crippen molar-refractivity contribution in [2.45, 2.75) is 13.1 Å². The highest BCUT2D eigenvalue weighted by molar-refractivity contribution is 5.42. The van der Waals surface area contributed by atoms with Crippen LogP contribution in [0.2, 0.25) is 0 Å². The Hall–Kier alpha value is -3.54. The lowest BCUT2D eigenvalue weighted by Gasteiger charge is -2.03. The Bertz CT molecular complexity index is 871. The third-order valence-electron chi connectivity index (χ3n) is 4.00. The molecule has 128 valence electrons. The third-order valence-corrected chi connectivity index (χ3v) is 4.00. The fourth-order valence-electron chi connectivity index (χ4n) is 2.63. The summed E-state index contributed by atoms with van der Waals surface area (Å²) in [7, 11) is 0. The van der Waals surface area contributed by atoms with E-state index in [9.17, 15) is 0 Å². The maximum Gasteiger partial charge on any atom is 0.0949 e. The molecule has 2 aromatic heterocycles. The minimum absolute atomic E-state index is 0.801. The number of nitrogens with zero attached hydrogens (tertiary/aromatic N) is 6. The molecular formula is C20H18N6. The molecule has 0 fully saturated rings. The van der Waals surface area contributed by atoms with E-state index in [2.05, 4.69) is 44.5 Å². The molecule has 0 spiro atoms. The van der Waals surface area contributed by atoms with Gasteiger partial charge in [-0.25, -0.2) is 9.97 Å². The Morgan fingerprint density at radius 2 is 1.04 bits per heavy atom. The summed E-state index contributed by atoms with van der Waals surface area (Å²) < 4.78 is 4.06. The lowest BCUT2D eigenvalue weighted by atomic mass is 10.2. The number of rotatable bonds is 6. The van der Waals surface area contributed by atoms with Crippen LogP contribution in [0.3, 0.4) is 0 Å². The van der Waals surface area contributed by atoms with E-state index < -0.39 is 0 Å². The highest BCUT2D eigenvalue weighted by atomic mass is 15.1. The molecule has 4 rings (SSSR count). The number of azo groups is 1. The molecule has 0 aliphatic rings. The first-order valence-electron chi connectivity index (χ1n) is 8.36. The molecule has 0 aliphatic carbocycles. The summed E-state index contributed by atoms with van der Waals surface area (Å²) in [6.45, 7) is 1.60. The normalized spacial score (nSPS) is 11.2. The van der Waals surface area contributed by atoms with Gasteiger partial charge in [0.25, 0.3) is 0 Å². The van der Waals surface area contributed by atoms with Crippen LogP contribution in [0, 0.1) is 0 Å². The van der Waals surface area contributed by atoms with Crippen molar-refractivity contribution >= 4 is 11.4 Å². The van der Waals surface area contributed by atoms with Crippen molar-refractivity contribution in [3.8, 4) is 0 Å². The Morgan fingerprint density at radius 3 is 1.38 bits per heavy atom.